The van der Waals surface area contributed by atoms with Crippen molar-refractivity contribution in [2.75, 3.05) is 6.54 Å². The summed E-state index contributed by atoms with van der Waals surface area (Å²) in [5, 5.41) is 4.16. The van der Waals surface area contributed by atoms with Gasteiger partial charge in [-0.25, -0.2) is 0 Å². The fourth-order valence-electron chi connectivity index (χ4n) is 3.17. The van der Waals surface area contributed by atoms with E-state index >= 15 is 0 Å². The molecule has 0 radical (unpaired) electrons. The van der Waals surface area contributed by atoms with Gasteiger partial charge in [-0.05, 0) is 44.0 Å². The molecule has 0 spiro atoms. The highest BCUT2D eigenvalue weighted by Crippen LogP contribution is 2.36. The van der Waals surface area contributed by atoms with Gasteiger partial charge < -0.3 is 4.52 Å². The van der Waals surface area contributed by atoms with E-state index in [9.17, 15) is 0 Å². The SMILES string of the molecule is CCc1onc(C)c1C1CCCN1Cc1ccncc1. The summed E-state index contributed by atoms with van der Waals surface area (Å²) in [4.78, 5) is 6.62. The molecular formula is C16H21N3O. The molecule has 0 saturated carbocycles. The number of nitrogens with zero attached hydrogens (tertiary/aromatic N) is 3. The van der Waals surface area contributed by atoms with Gasteiger partial charge in [0.05, 0.1) is 5.69 Å². The Hall–Kier alpha value is -1.68. The fourth-order valence-corrected chi connectivity index (χ4v) is 3.17. The van der Waals surface area contributed by atoms with Gasteiger partial charge in [0, 0.05) is 37.0 Å². The van der Waals surface area contributed by atoms with Crippen LogP contribution in [0.2, 0.25) is 0 Å². The van der Waals surface area contributed by atoms with Crippen LogP contribution in [0.1, 0.15) is 48.4 Å². The number of hydrogen-bond acceptors (Lipinski definition) is 4. The van der Waals surface area contributed by atoms with E-state index in [1.165, 1.54) is 24.0 Å². The lowest BCUT2D eigenvalue weighted by atomic mass is 10.0. The summed E-state index contributed by atoms with van der Waals surface area (Å²) in [6.07, 6.45) is 7.07. The molecule has 1 aliphatic rings. The minimum absolute atomic E-state index is 0.448. The van der Waals surface area contributed by atoms with Gasteiger partial charge in [-0.3, -0.25) is 9.88 Å². The molecule has 1 unspecified atom stereocenters. The van der Waals surface area contributed by atoms with Gasteiger partial charge in [0.15, 0.2) is 0 Å². The first-order chi connectivity index (χ1) is 9.79. The molecule has 3 heterocycles. The predicted octanol–water partition coefficient (Wildman–Crippen LogP) is 3.28. The number of likely N-dealkylation sites (tertiary alicyclic amines) is 1. The Bertz CT molecular complexity index is 564. The molecule has 4 heteroatoms. The average Bonchev–Trinajstić information content (AvgIpc) is 3.06. The molecule has 0 bridgehead atoms. The van der Waals surface area contributed by atoms with E-state index in [1.807, 2.05) is 12.4 Å². The van der Waals surface area contributed by atoms with Crippen LogP contribution in [0.15, 0.2) is 29.0 Å². The first-order valence-electron chi connectivity index (χ1n) is 7.37. The van der Waals surface area contributed by atoms with Gasteiger partial charge in [-0.2, -0.15) is 0 Å². The second kappa shape index (κ2) is 5.75. The third kappa shape index (κ3) is 2.48. The van der Waals surface area contributed by atoms with E-state index in [4.69, 9.17) is 4.52 Å². The van der Waals surface area contributed by atoms with Crippen molar-refractivity contribution < 1.29 is 4.52 Å². The first kappa shape index (κ1) is 13.3. The number of aryl methyl sites for hydroxylation is 2. The van der Waals surface area contributed by atoms with E-state index in [2.05, 4.69) is 41.0 Å². The van der Waals surface area contributed by atoms with Crippen LogP contribution >= 0.6 is 0 Å². The summed E-state index contributed by atoms with van der Waals surface area (Å²) in [5.41, 5.74) is 3.69. The fraction of sp³-hybridized carbons (Fsp3) is 0.500. The van der Waals surface area contributed by atoms with E-state index in [-0.39, 0.29) is 0 Å². The van der Waals surface area contributed by atoms with E-state index in [1.54, 1.807) is 0 Å². The molecule has 1 saturated heterocycles. The quantitative estimate of drug-likeness (QED) is 0.856. The van der Waals surface area contributed by atoms with Crippen molar-refractivity contribution in [3.8, 4) is 0 Å². The van der Waals surface area contributed by atoms with Crippen molar-refractivity contribution in [2.45, 2.75) is 45.7 Å². The molecule has 1 fully saturated rings. The second-order valence-electron chi connectivity index (χ2n) is 5.44. The predicted molar refractivity (Wildman–Crippen MR) is 77.2 cm³/mol. The highest BCUT2D eigenvalue weighted by Gasteiger charge is 2.31. The summed E-state index contributed by atoms with van der Waals surface area (Å²) >= 11 is 0. The largest absolute Gasteiger partial charge is 0.361 e. The maximum absolute atomic E-state index is 5.47. The Morgan fingerprint density at radius 2 is 2.15 bits per heavy atom. The maximum Gasteiger partial charge on any atom is 0.141 e. The summed E-state index contributed by atoms with van der Waals surface area (Å²) in [7, 11) is 0. The van der Waals surface area contributed by atoms with Crippen LogP contribution < -0.4 is 0 Å². The highest BCUT2D eigenvalue weighted by molar-refractivity contribution is 5.27. The molecule has 0 aromatic carbocycles. The zero-order valence-corrected chi connectivity index (χ0v) is 12.2. The molecule has 3 rings (SSSR count). The van der Waals surface area contributed by atoms with Crippen LogP contribution in [0.5, 0.6) is 0 Å². The number of rotatable bonds is 4. The molecule has 0 amide bonds. The monoisotopic (exact) mass is 271 g/mol. The lowest BCUT2D eigenvalue weighted by Crippen LogP contribution is -2.23. The zero-order valence-electron chi connectivity index (χ0n) is 12.2. The zero-order chi connectivity index (χ0) is 13.9. The van der Waals surface area contributed by atoms with Crippen LogP contribution in [-0.2, 0) is 13.0 Å². The van der Waals surface area contributed by atoms with Gasteiger partial charge in [-0.1, -0.05) is 12.1 Å². The van der Waals surface area contributed by atoms with Crippen LogP contribution in [0.3, 0.4) is 0 Å². The Labute approximate surface area is 119 Å². The van der Waals surface area contributed by atoms with Gasteiger partial charge >= 0.3 is 0 Å². The van der Waals surface area contributed by atoms with Crippen molar-refractivity contribution in [2.24, 2.45) is 0 Å². The Morgan fingerprint density at radius 1 is 1.35 bits per heavy atom. The maximum atomic E-state index is 5.47. The van der Waals surface area contributed by atoms with Crippen molar-refractivity contribution in [3.05, 3.63) is 47.1 Å². The molecule has 1 atom stereocenters. The smallest absolute Gasteiger partial charge is 0.141 e. The van der Waals surface area contributed by atoms with Crippen molar-refractivity contribution in [1.82, 2.24) is 15.0 Å². The van der Waals surface area contributed by atoms with Crippen LogP contribution in [0, 0.1) is 6.92 Å². The topological polar surface area (TPSA) is 42.2 Å². The molecule has 2 aromatic heterocycles. The normalized spacial score (nSPS) is 19.6. The number of pyridine rings is 1. The molecule has 0 N–H and O–H groups in total. The standard InChI is InChI=1S/C16H21N3O/c1-3-15-16(12(2)18-20-15)14-5-4-10-19(14)11-13-6-8-17-9-7-13/h6-9,14H,3-5,10-11H2,1-2H3. The van der Waals surface area contributed by atoms with Crippen molar-refractivity contribution >= 4 is 0 Å². The molecular weight excluding hydrogens is 250 g/mol. The third-order valence-corrected chi connectivity index (χ3v) is 4.14. The Kier molecular flexibility index (Phi) is 3.83. The molecule has 106 valence electrons. The van der Waals surface area contributed by atoms with E-state index < -0.39 is 0 Å². The molecule has 2 aromatic rings. The van der Waals surface area contributed by atoms with E-state index in [0.29, 0.717) is 6.04 Å². The highest BCUT2D eigenvalue weighted by atomic mass is 16.5. The Balaban J connectivity index is 1.83. The average molecular weight is 271 g/mol. The molecule has 4 nitrogen and oxygen atoms in total. The molecule has 1 aliphatic heterocycles. The Morgan fingerprint density at radius 3 is 2.90 bits per heavy atom. The summed E-state index contributed by atoms with van der Waals surface area (Å²) in [6.45, 7) is 6.30. The van der Waals surface area contributed by atoms with Gasteiger partial charge in [0.25, 0.3) is 0 Å². The molecule has 20 heavy (non-hydrogen) atoms. The van der Waals surface area contributed by atoms with Crippen molar-refractivity contribution in [1.29, 1.82) is 0 Å². The third-order valence-electron chi connectivity index (χ3n) is 4.14. The van der Waals surface area contributed by atoms with Crippen LogP contribution in [0.25, 0.3) is 0 Å². The number of aromatic nitrogens is 2. The lowest BCUT2D eigenvalue weighted by Gasteiger charge is -2.24. The molecule has 0 aliphatic carbocycles. The van der Waals surface area contributed by atoms with Crippen LogP contribution in [0.4, 0.5) is 0 Å². The summed E-state index contributed by atoms with van der Waals surface area (Å²) in [5.74, 6) is 1.05. The van der Waals surface area contributed by atoms with Gasteiger partial charge in [0.2, 0.25) is 0 Å². The summed E-state index contributed by atoms with van der Waals surface area (Å²) < 4.78 is 5.47. The minimum Gasteiger partial charge on any atom is -0.361 e. The van der Waals surface area contributed by atoms with Gasteiger partial charge in [-0.15, -0.1) is 0 Å². The van der Waals surface area contributed by atoms with E-state index in [0.717, 1.165) is 31.0 Å². The lowest BCUT2D eigenvalue weighted by molar-refractivity contribution is 0.245. The minimum atomic E-state index is 0.448. The van der Waals surface area contributed by atoms with Gasteiger partial charge in [0.1, 0.15) is 5.76 Å². The van der Waals surface area contributed by atoms with Crippen molar-refractivity contribution in [3.63, 3.8) is 0 Å². The first-order valence-corrected chi connectivity index (χ1v) is 7.37. The second-order valence-corrected chi connectivity index (χ2v) is 5.44. The summed E-state index contributed by atoms with van der Waals surface area (Å²) in [6, 6.07) is 4.64. The number of hydrogen-bond donors (Lipinski definition) is 0. The van der Waals surface area contributed by atoms with Crippen LogP contribution in [-0.4, -0.2) is 21.6 Å².